The summed E-state index contributed by atoms with van der Waals surface area (Å²) in [5.41, 5.74) is 3.65. The number of hydrogen-bond donors (Lipinski definition) is 2. The number of nitrogens with zero attached hydrogens (tertiary/aromatic N) is 1. The molecular weight excluding hydrogens is 410 g/mol. The Labute approximate surface area is 195 Å². The van der Waals surface area contributed by atoms with Crippen LogP contribution >= 0.6 is 0 Å². The van der Waals surface area contributed by atoms with Gasteiger partial charge in [0.2, 0.25) is 0 Å². The Morgan fingerprint density at radius 2 is 1.52 bits per heavy atom. The van der Waals surface area contributed by atoms with Crippen LogP contribution in [0.25, 0.3) is 0 Å². The summed E-state index contributed by atoms with van der Waals surface area (Å²) in [6.45, 7) is 3.01. The van der Waals surface area contributed by atoms with Crippen LogP contribution < -0.4 is 10.6 Å². The highest BCUT2D eigenvalue weighted by Gasteiger charge is 2.43. The van der Waals surface area contributed by atoms with Gasteiger partial charge in [-0.1, -0.05) is 91.0 Å². The quantitative estimate of drug-likeness (QED) is 0.603. The molecule has 0 bridgehead atoms. The Morgan fingerprint density at radius 1 is 0.909 bits per heavy atom. The Balaban J connectivity index is 1.28. The predicted octanol–water partition coefficient (Wildman–Crippen LogP) is 4.16. The highest BCUT2D eigenvalue weighted by molar-refractivity contribution is 5.67. The van der Waals surface area contributed by atoms with Crippen molar-refractivity contribution in [1.82, 2.24) is 15.5 Å². The summed E-state index contributed by atoms with van der Waals surface area (Å²) in [5.74, 6) is 0.270. The van der Waals surface area contributed by atoms with Crippen LogP contribution in [-0.4, -0.2) is 48.8 Å². The van der Waals surface area contributed by atoms with Gasteiger partial charge in [0, 0.05) is 43.7 Å². The highest BCUT2D eigenvalue weighted by atomic mass is 16.5. The van der Waals surface area contributed by atoms with E-state index in [1.165, 1.54) is 11.1 Å². The number of benzene rings is 3. The van der Waals surface area contributed by atoms with Gasteiger partial charge >= 0.3 is 6.09 Å². The number of piperazine rings is 1. The average Bonchev–Trinajstić information content (AvgIpc) is 3.28. The molecule has 170 valence electrons. The van der Waals surface area contributed by atoms with Crippen molar-refractivity contribution in [3.8, 4) is 0 Å². The molecule has 0 spiro atoms. The van der Waals surface area contributed by atoms with E-state index in [4.69, 9.17) is 4.74 Å². The largest absolute Gasteiger partial charge is 0.445 e. The van der Waals surface area contributed by atoms with Crippen molar-refractivity contribution < 1.29 is 9.53 Å². The number of ether oxygens (including phenoxy) is 1. The molecule has 2 aliphatic rings. The number of carbonyl (C=O) groups excluding carboxylic acids is 1. The lowest BCUT2D eigenvalue weighted by molar-refractivity contribution is 0.121. The summed E-state index contributed by atoms with van der Waals surface area (Å²) >= 11 is 0. The van der Waals surface area contributed by atoms with Crippen LogP contribution in [0, 0.1) is 0 Å². The average molecular weight is 442 g/mol. The number of alkyl carbamates (subject to hydrolysis) is 1. The van der Waals surface area contributed by atoms with Crippen molar-refractivity contribution in [2.75, 3.05) is 19.6 Å². The van der Waals surface area contributed by atoms with Crippen molar-refractivity contribution in [2.45, 2.75) is 37.1 Å². The normalized spacial score (nSPS) is 22.6. The molecule has 2 fully saturated rings. The maximum absolute atomic E-state index is 12.5. The molecule has 5 nitrogen and oxygen atoms in total. The second-order valence-electron chi connectivity index (χ2n) is 9.01. The maximum Gasteiger partial charge on any atom is 0.407 e. The first kappa shape index (κ1) is 21.7. The number of fused-ring (bicyclic) bond motifs is 1. The van der Waals surface area contributed by atoms with Crippen molar-refractivity contribution in [2.24, 2.45) is 0 Å². The van der Waals surface area contributed by atoms with Gasteiger partial charge in [0.15, 0.2) is 0 Å². The summed E-state index contributed by atoms with van der Waals surface area (Å²) in [5, 5.41) is 6.78. The molecule has 3 aromatic carbocycles. The lowest BCUT2D eigenvalue weighted by Crippen LogP contribution is -2.57. The van der Waals surface area contributed by atoms with E-state index in [1.54, 1.807) is 0 Å². The standard InChI is InChI=1S/C28H31N3O2/c32-28(33-20-21-10-4-1-5-11-21)30-24-16-25-17-29-18-26(31(25)19-24)27(22-12-6-2-7-13-22)23-14-8-3-9-15-23/h1-15,24-27,29H,16-20H2,(H,30,32)/t24-,25-,26-/m0/s1. The van der Waals surface area contributed by atoms with Crippen molar-refractivity contribution in [1.29, 1.82) is 0 Å². The summed E-state index contributed by atoms with van der Waals surface area (Å²) in [7, 11) is 0. The van der Waals surface area contributed by atoms with Gasteiger partial charge in [0.1, 0.15) is 6.61 Å². The van der Waals surface area contributed by atoms with Crippen molar-refractivity contribution >= 4 is 6.09 Å². The minimum atomic E-state index is -0.337. The minimum absolute atomic E-state index is 0.0906. The molecule has 2 saturated heterocycles. The molecule has 0 aromatic heterocycles. The minimum Gasteiger partial charge on any atom is -0.445 e. The zero-order chi connectivity index (χ0) is 22.5. The first-order chi connectivity index (χ1) is 16.3. The zero-order valence-corrected chi connectivity index (χ0v) is 18.8. The molecule has 1 amide bonds. The summed E-state index contributed by atoms with van der Waals surface area (Å²) < 4.78 is 5.47. The van der Waals surface area contributed by atoms with Gasteiger partial charge < -0.3 is 15.4 Å². The third kappa shape index (κ3) is 5.10. The fourth-order valence-corrected chi connectivity index (χ4v) is 5.37. The summed E-state index contributed by atoms with van der Waals surface area (Å²) in [6.07, 6.45) is 0.594. The predicted molar refractivity (Wildman–Crippen MR) is 130 cm³/mol. The molecule has 2 heterocycles. The molecule has 33 heavy (non-hydrogen) atoms. The number of carbonyl (C=O) groups is 1. The Bertz CT molecular complexity index is 989. The molecule has 2 N–H and O–H groups in total. The Morgan fingerprint density at radius 3 is 2.15 bits per heavy atom. The van der Waals surface area contributed by atoms with Crippen molar-refractivity contribution in [3.05, 3.63) is 108 Å². The lowest BCUT2D eigenvalue weighted by Gasteiger charge is -2.42. The van der Waals surface area contributed by atoms with Crippen LogP contribution in [0.1, 0.15) is 29.0 Å². The monoisotopic (exact) mass is 441 g/mol. The molecule has 0 aliphatic carbocycles. The number of hydrogen-bond acceptors (Lipinski definition) is 4. The van der Waals surface area contributed by atoms with Gasteiger partial charge in [-0.2, -0.15) is 0 Å². The Kier molecular flexibility index (Phi) is 6.70. The number of rotatable bonds is 6. The molecule has 5 rings (SSSR count). The first-order valence-electron chi connectivity index (χ1n) is 11.8. The summed E-state index contributed by atoms with van der Waals surface area (Å²) in [6, 6.07) is 32.2. The molecule has 3 aromatic rings. The number of nitrogens with one attached hydrogen (secondary N) is 2. The second kappa shape index (κ2) is 10.2. The third-order valence-electron chi connectivity index (χ3n) is 6.85. The smallest absolute Gasteiger partial charge is 0.407 e. The lowest BCUT2D eigenvalue weighted by atomic mass is 9.83. The fourth-order valence-electron chi connectivity index (χ4n) is 5.37. The molecule has 3 atom stereocenters. The second-order valence-corrected chi connectivity index (χ2v) is 9.01. The first-order valence-corrected chi connectivity index (χ1v) is 11.8. The van der Waals surface area contributed by atoms with E-state index < -0.39 is 0 Å². The van der Waals surface area contributed by atoms with Crippen molar-refractivity contribution in [3.63, 3.8) is 0 Å². The molecule has 2 aliphatic heterocycles. The zero-order valence-electron chi connectivity index (χ0n) is 18.8. The molecule has 0 saturated carbocycles. The molecular formula is C28H31N3O2. The topological polar surface area (TPSA) is 53.6 Å². The van der Waals surface area contributed by atoms with Crippen LogP contribution in [0.2, 0.25) is 0 Å². The van der Waals surface area contributed by atoms with Gasteiger partial charge in [0.05, 0.1) is 0 Å². The van der Waals surface area contributed by atoms with E-state index in [-0.39, 0.29) is 18.1 Å². The highest BCUT2D eigenvalue weighted by Crippen LogP contribution is 2.35. The van der Waals surface area contributed by atoms with Crippen LogP contribution in [0.3, 0.4) is 0 Å². The van der Waals surface area contributed by atoms with Gasteiger partial charge in [-0.05, 0) is 23.1 Å². The Hall–Kier alpha value is -3.15. The SMILES string of the molecule is O=C(N[C@H]1C[C@H]2CNC[C@@H](C(c3ccccc3)c3ccccc3)N2C1)OCc1ccccc1. The fraction of sp³-hybridized carbons (Fsp3) is 0.321. The van der Waals surface area contributed by atoms with Gasteiger partial charge in [0.25, 0.3) is 0 Å². The van der Waals surface area contributed by atoms with Crippen LogP contribution in [0.4, 0.5) is 4.79 Å². The van der Waals surface area contributed by atoms with E-state index in [1.807, 2.05) is 30.3 Å². The maximum atomic E-state index is 12.5. The van der Waals surface area contributed by atoms with Gasteiger partial charge in [-0.15, -0.1) is 0 Å². The van der Waals surface area contributed by atoms with Crippen LogP contribution in [-0.2, 0) is 11.3 Å². The van der Waals surface area contributed by atoms with Crippen LogP contribution in [0.5, 0.6) is 0 Å². The third-order valence-corrected chi connectivity index (χ3v) is 6.85. The van der Waals surface area contributed by atoms with Gasteiger partial charge in [-0.3, -0.25) is 4.90 Å². The van der Waals surface area contributed by atoms with E-state index in [0.717, 1.165) is 31.6 Å². The van der Waals surface area contributed by atoms with E-state index in [0.29, 0.717) is 18.7 Å². The van der Waals surface area contributed by atoms with E-state index >= 15 is 0 Å². The van der Waals surface area contributed by atoms with Gasteiger partial charge in [-0.25, -0.2) is 4.79 Å². The van der Waals surface area contributed by atoms with E-state index in [2.05, 4.69) is 76.2 Å². The summed E-state index contributed by atoms with van der Waals surface area (Å²) in [4.78, 5) is 15.1. The molecule has 0 radical (unpaired) electrons. The molecule has 5 heteroatoms. The molecule has 0 unspecified atom stereocenters. The van der Waals surface area contributed by atoms with Crippen LogP contribution in [0.15, 0.2) is 91.0 Å². The number of amides is 1. The van der Waals surface area contributed by atoms with E-state index in [9.17, 15) is 4.79 Å².